The minimum absolute atomic E-state index is 0.0510. The molecule has 0 aromatic heterocycles. The van der Waals surface area contributed by atoms with Crippen LogP contribution < -0.4 is 5.32 Å². The summed E-state index contributed by atoms with van der Waals surface area (Å²) in [5.41, 5.74) is 1.53. The minimum atomic E-state index is -0.563. The van der Waals surface area contributed by atoms with Gasteiger partial charge in [-0.2, -0.15) is 0 Å². The van der Waals surface area contributed by atoms with E-state index in [1.807, 2.05) is 55.6 Å². The van der Waals surface area contributed by atoms with Crippen LogP contribution in [0.5, 0.6) is 0 Å². The van der Waals surface area contributed by atoms with Crippen LogP contribution in [0.4, 0.5) is 0 Å². The van der Waals surface area contributed by atoms with Gasteiger partial charge in [-0.3, -0.25) is 14.4 Å². The molecule has 0 fully saturated rings. The van der Waals surface area contributed by atoms with Crippen molar-refractivity contribution in [2.75, 3.05) is 12.9 Å². The fraction of sp³-hybridized carbons (Fsp3) is 0.286. The second kappa shape index (κ2) is 10.5. The third kappa shape index (κ3) is 6.90. The zero-order valence-electron chi connectivity index (χ0n) is 15.4. The predicted octanol–water partition coefficient (Wildman–Crippen LogP) is 3.79. The highest BCUT2D eigenvalue weighted by molar-refractivity contribution is 7.98. The van der Waals surface area contributed by atoms with Gasteiger partial charge in [0.2, 0.25) is 0 Å². The third-order valence-corrected chi connectivity index (χ3v) is 4.75. The topological polar surface area (TPSA) is 72.5 Å². The lowest BCUT2D eigenvalue weighted by Gasteiger charge is -2.14. The maximum Gasteiger partial charge on any atom is 0.306 e. The first-order valence-corrected chi connectivity index (χ1v) is 9.89. The van der Waals surface area contributed by atoms with Crippen molar-refractivity contribution >= 4 is 29.4 Å². The van der Waals surface area contributed by atoms with E-state index in [1.165, 1.54) is 0 Å². The average Bonchev–Trinajstić information content (AvgIpc) is 2.71. The van der Waals surface area contributed by atoms with Crippen LogP contribution in [0.2, 0.25) is 0 Å². The molecule has 27 heavy (non-hydrogen) atoms. The Bertz CT molecular complexity index is 775. The Morgan fingerprint density at radius 1 is 1.00 bits per heavy atom. The van der Waals surface area contributed by atoms with Crippen LogP contribution >= 0.6 is 11.8 Å². The smallest absolute Gasteiger partial charge is 0.306 e. The van der Waals surface area contributed by atoms with Crippen LogP contribution in [-0.2, 0) is 14.3 Å². The van der Waals surface area contributed by atoms with Gasteiger partial charge in [0.15, 0.2) is 12.4 Å². The van der Waals surface area contributed by atoms with E-state index < -0.39 is 5.97 Å². The Morgan fingerprint density at radius 3 is 2.30 bits per heavy atom. The molecular weight excluding hydrogens is 362 g/mol. The SMILES string of the molecule is CSc1ccc(C(=O)CCC(=O)OCC(=O)N[C@@H](C)c2ccccc2)cc1. The zero-order valence-corrected chi connectivity index (χ0v) is 16.3. The number of nitrogens with one attached hydrogen (secondary N) is 1. The number of ether oxygens (including phenoxy) is 1. The van der Waals surface area contributed by atoms with Crippen molar-refractivity contribution in [1.82, 2.24) is 5.32 Å². The van der Waals surface area contributed by atoms with Gasteiger partial charge in [-0.15, -0.1) is 11.8 Å². The Balaban J connectivity index is 1.70. The summed E-state index contributed by atoms with van der Waals surface area (Å²) in [6.45, 7) is 1.50. The van der Waals surface area contributed by atoms with Gasteiger partial charge in [0.05, 0.1) is 12.5 Å². The van der Waals surface area contributed by atoms with Gasteiger partial charge in [-0.05, 0) is 30.9 Å². The van der Waals surface area contributed by atoms with Crippen molar-refractivity contribution < 1.29 is 19.1 Å². The number of amides is 1. The van der Waals surface area contributed by atoms with E-state index >= 15 is 0 Å². The standard InChI is InChI=1S/C21H23NO4S/c1-15(16-6-4-3-5-7-16)22-20(24)14-26-21(25)13-12-19(23)17-8-10-18(27-2)11-9-17/h3-11,15H,12-14H2,1-2H3,(H,22,24)/t15-/m0/s1. The van der Waals surface area contributed by atoms with E-state index in [-0.39, 0.29) is 37.2 Å². The summed E-state index contributed by atoms with van der Waals surface area (Å²) in [6, 6.07) is 16.6. The maximum atomic E-state index is 12.1. The molecule has 0 bridgehead atoms. The highest BCUT2D eigenvalue weighted by Gasteiger charge is 2.14. The zero-order chi connectivity index (χ0) is 19.6. The number of hydrogen-bond donors (Lipinski definition) is 1. The lowest BCUT2D eigenvalue weighted by atomic mass is 10.1. The molecule has 2 aromatic rings. The second-order valence-electron chi connectivity index (χ2n) is 6.01. The van der Waals surface area contributed by atoms with Crippen molar-refractivity contribution in [1.29, 1.82) is 0 Å². The van der Waals surface area contributed by atoms with Gasteiger partial charge in [-0.1, -0.05) is 42.5 Å². The minimum Gasteiger partial charge on any atom is -0.456 e. The van der Waals surface area contributed by atoms with E-state index in [0.717, 1.165) is 10.5 Å². The van der Waals surface area contributed by atoms with Gasteiger partial charge in [0.25, 0.3) is 5.91 Å². The van der Waals surface area contributed by atoms with Crippen LogP contribution in [0, 0.1) is 0 Å². The molecule has 2 aromatic carbocycles. The fourth-order valence-electron chi connectivity index (χ4n) is 2.46. The number of benzene rings is 2. The number of esters is 1. The molecule has 0 spiro atoms. The molecule has 0 aliphatic heterocycles. The van der Waals surface area contributed by atoms with E-state index in [1.54, 1.807) is 23.9 Å². The Morgan fingerprint density at radius 2 is 1.67 bits per heavy atom. The second-order valence-corrected chi connectivity index (χ2v) is 6.89. The van der Waals surface area contributed by atoms with Crippen LogP contribution in [-0.4, -0.2) is 30.5 Å². The Hall–Kier alpha value is -2.60. The van der Waals surface area contributed by atoms with Gasteiger partial charge >= 0.3 is 5.97 Å². The van der Waals surface area contributed by atoms with E-state index in [2.05, 4.69) is 5.32 Å². The Labute approximate surface area is 163 Å². The maximum absolute atomic E-state index is 12.1. The van der Waals surface area contributed by atoms with Crippen molar-refractivity contribution in [3.05, 3.63) is 65.7 Å². The summed E-state index contributed by atoms with van der Waals surface area (Å²) in [7, 11) is 0. The molecule has 142 valence electrons. The number of carbonyl (C=O) groups excluding carboxylic acids is 3. The number of hydrogen-bond acceptors (Lipinski definition) is 5. The van der Waals surface area contributed by atoms with Crippen LogP contribution in [0.15, 0.2) is 59.5 Å². The molecule has 6 heteroatoms. The summed E-state index contributed by atoms with van der Waals surface area (Å²) in [4.78, 5) is 36.8. The summed E-state index contributed by atoms with van der Waals surface area (Å²) in [5.74, 6) is -1.06. The number of carbonyl (C=O) groups is 3. The van der Waals surface area contributed by atoms with Gasteiger partial charge < -0.3 is 10.1 Å². The normalized spacial score (nSPS) is 11.5. The fourth-order valence-corrected chi connectivity index (χ4v) is 2.87. The van der Waals surface area contributed by atoms with E-state index in [0.29, 0.717) is 5.56 Å². The summed E-state index contributed by atoms with van der Waals surface area (Å²) in [6.07, 6.45) is 1.97. The monoisotopic (exact) mass is 385 g/mol. The van der Waals surface area contributed by atoms with Gasteiger partial charge in [-0.25, -0.2) is 0 Å². The quantitative estimate of drug-likeness (QED) is 0.404. The van der Waals surface area contributed by atoms with E-state index in [4.69, 9.17) is 4.74 Å². The van der Waals surface area contributed by atoms with Crippen LogP contribution in [0.1, 0.15) is 41.7 Å². The summed E-state index contributed by atoms with van der Waals surface area (Å²) >= 11 is 1.60. The molecule has 2 rings (SSSR count). The van der Waals surface area contributed by atoms with Crippen molar-refractivity contribution in [2.45, 2.75) is 30.7 Å². The van der Waals surface area contributed by atoms with Gasteiger partial charge in [0.1, 0.15) is 0 Å². The van der Waals surface area contributed by atoms with Crippen LogP contribution in [0.3, 0.4) is 0 Å². The lowest BCUT2D eigenvalue weighted by Crippen LogP contribution is -2.31. The summed E-state index contributed by atoms with van der Waals surface area (Å²) < 4.78 is 4.96. The highest BCUT2D eigenvalue weighted by atomic mass is 32.2. The van der Waals surface area contributed by atoms with Crippen molar-refractivity contribution in [3.8, 4) is 0 Å². The summed E-state index contributed by atoms with van der Waals surface area (Å²) in [5, 5.41) is 2.77. The molecule has 1 atom stereocenters. The molecule has 5 nitrogen and oxygen atoms in total. The van der Waals surface area contributed by atoms with Crippen LogP contribution in [0.25, 0.3) is 0 Å². The molecule has 0 unspecified atom stereocenters. The Kier molecular flexibility index (Phi) is 8.07. The average molecular weight is 385 g/mol. The first-order chi connectivity index (χ1) is 13.0. The number of thioether (sulfide) groups is 1. The molecule has 0 aliphatic carbocycles. The molecule has 0 radical (unpaired) electrons. The molecule has 0 saturated carbocycles. The first-order valence-electron chi connectivity index (χ1n) is 8.66. The first kappa shape index (κ1) is 20.7. The number of ketones is 1. The molecule has 0 aliphatic rings. The molecular formula is C21H23NO4S. The molecule has 1 N–H and O–H groups in total. The van der Waals surface area contributed by atoms with Gasteiger partial charge in [0, 0.05) is 16.9 Å². The highest BCUT2D eigenvalue weighted by Crippen LogP contribution is 2.16. The molecule has 0 saturated heterocycles. The molecule has 0 heterocycles. The lowest BCUT2D eigenvalue weighted by molar-refractivity contribution is -0.148. The predicted molar refractivity (Wildman–Crippen MR) is 106 cm³/mol. The largest absolute Gasteiger partial charge is 0.456 e. The third-order valence-electron chi connectivity index (χ3n) is 4.01. The molecule has 1 amide bonds. The number of Topliss-reactive ketones (excluding diaryl/α,β-unsaturated/α-hetero) is 1. The van der Waals surface area contributed by atoms with Crippen molar-refractivity contribution in [3.63, 3.8) is 0 Å². The number of rotatable bonds is 9. The van der Waals surface area contributed by atoms with E-state index in [9.17, 15) is 14.4 Å². The van der Waals surface area contributed by atoms with Crippen molar-refractivity contribution in [2.24, 2.45) is 0 Å².